The number of nitrogens with one attached hydrogen (secondary N) is 2. The molecule has 19 heavy (non-hydrogen) atoms. The summed E-state index contributed by atoms with van der Waals surface area (Å²) in [5.74, 6) is 1.16. The summed E-state index contributed by atoms with van der Waals surface area (Å²) in [6.45, 7) is 1.97. The molecule has 0 unspecified atom stereocenters. The Hall–Kier alpha value is -1.69. The predicted octanol–water partition coefficient (Wildman–Crippen LogP) is 3.01. The zero-order valence-corrected chi connectivity index (χ0v) is 12.0. The first-order valence-electron chi connectivity index (χ1n) is 6.13. The minimum atomic E-state index is -0.297. The van der Waals surface area contributed by atoms with Crippen LogP contribution in [0.2, 0.25) is 0 Å². The van der Waals surface area contributed by atoms with Crippen LogP contribution in [-0.2, 0) is 0 Å². The molecule has 0 radical (unpaired) electrons. The maximum atomic E-state index is 12.1. The van der Waals surface area contributed by atoms with E-state index in [1.54, 1.807) is 0 Å². The fraction of sp³-hybridized carbons (Fsp3) is 0.308. The lowest BCUT2D eigenvalue weighted by Gasteiger charge is -2.06. The second-order valence-corrected chi connectivity index (χ2v) is 5.61. The Bertz CT molecular complexity index is 633. The third kappa shape index (κ3) is 2.68. The van der Waals surface area contributed by atoms with E-state index in [0.717, 1.165) is 34.4 Å². The highest BCUT2D eigenvalue weighted by Gasteiger charge is 2.28. The molecule has 1 aromatic carbocycles. The Morgan fingerprint density at radius 3 is 3.00 bits per heavy atom. The van der Waals surface area contributed by atoms with Crippen LogP contribution in [0.1, 0.15) is 40.8 Å². The topological polar surface area (TPSA) is 70.7 Å². The van der Waals surface area contributed by atoms with E-state index in [9.17, 15) is 4.79 Å². The molecular formula is C13H13BrN4O. The van der Waals surface area contributed by atoms with Gasteiger partial charge in [-0.25, -0.2) is 4.98 Å². The molecule has 2 N–H and O–H groups in total. The summed E-state index contributed by atoms with van der Waals surface area (Å²) in [6, 6.07) is 5.77. The monoisotopic (exact) mass is 320 g/mol. The summed E-state index contributed by atoms with van der Waals surface area (Å²) in [6.07, 6.45) is 2.25. The van der Waals surface area contributed by atoms with Crippen LogP contribution in [0.15, 0.2) is 22.7 Å². The summed E-state index contributed by atoms with van der Waals surface area (Å²) in [4.78, 5) is 16.3. The van der Waals surface area contributed by atoms with Crippen molar-refractivity contribution in [2.24, 2.45) is 0 Å². The summed E-state index contributed by atoms with van der Waals surface area (Å²) in [5, 5.41) is 9.60. The van der Waals surface area contributed by atoms with E-state index in [1.165, 1.54) is 0 Å². The molecule has 2 aromatic rings. The van der Waals surface area contributed by atoms with Gasteiger partial charge >= 0.3 is 0 Å². The fourth-order valence-electron chi connectivity index (χ4n) is 1.83. The molecule has 0 aliphatic heterocycles. The van der Waals surface area contributed by atoms with Crippen LogP contribution >= 0.6 is 15.9 Å². The summed E-state index contributed by atoms with van der Waals surface area (Å²) < 4.78 is 0.837. The van der Waals surface area contributed by atoms with Gasteiger partial charge in [0.15, 0.2) is 0 Å². The maximum Gasteiger partial charge on any atom is 0.295 e. The van der Waals surface area contributed by atoms with Crippen molar-refractivity contribution in [3.05, 3.63) is 39.9 Å². The highest BCUT2D eigenvalue weighted by molar-refractivity contribution is 9.10. The summed E-state index contributed by atoms with van der Waals surface area (Å²) >= 11 is 3.41. The Morgan fingerprint density at radius 1 is 1.47 bits per heavy atom. The number of benzene rings is 1. The average molecular weight is 321 g/mol. The molecule has 1 amide bonds. The van der Waals surface area contributed by atoms with Gasteiger partial charge in [0.1, 0.15) is 5.82 Å². The molecule has 5 nitrogen and oxygen atoms in total. The zero-order valence-electron chi connectivity index (χ0n) is 10.4. The lowest BCUT2D eigenvalue weighted by molar-refractivity contribution is 0.101. The van der Waals surface area contributed by atoms with Gasteiger partial charge in [0.25, 0.3) is 5.91 Å². The van der Waals surface area contributed by atoms with Crippen LogP contribution in [0.5, 0.6) is 0 Å². The molecule has 3 rings (SSSR count). The van der Waals surface area contributed by atoms with Crippen molar-refractivity contribution in [3.8, 4) is 0 Å². The molecule has 6 heteroatoms. The first-order valence-corrected chi connectivity index (χ1v) is 6.92. The van der Waals surface area contributed by atoms with Crippen molar-refractivity contribution in [2.75, 3.05) is 5.32 Å². The zero-order chi connectivity index (χ0) is 13.4. The largest absolute Gasteiger partial charge is 0.318 e. The Labute approximate surface area is 119 Å². The highest BCUT2D eigenvalue weighted by Crippen LogP contribution is 2.37. The third-order valence-electron chi connectivity index (χ3n) is 3.04. The van der Waals surface area contributed by atoms with Gasteiger partial charge in [0.2, 0.25) is 5.82 Å². The molecule has 1 aromatic heterocycles. The highest BCUT2D eigenvalue weighted by atomic mass is 79.9. The number of hydrogen-bond donors (Lipinski definition) is 2. The standard InChI is InChI=1S/C13H13BrN4O/c1-7-2-5-9(14)10(6-7)15-13(19)12-16-11(17-18-12)8-3-4-8/h2,5-6,8H,3-4H2,1H3,(H,15,19)(H,16,17,18). The molecule has 0 saturated heterocycles. The van der Waals surface area contributed by atoms with E-state index in [4.69, 9.17) is 0 Å². The number of carbonyl (C=O) groups excluding carboxylic acids is 1. The second kappa shape index (κ2) is 4.77. The number of aromatic nitrogens is 3. The normalized spacial score (nSPS) is 14.4. The first-order chi connectivity index (χ1) is 9.13. The van der Waals surface area contributed by atoms with E-state index in [1.807, 2.05) is 25.1 Å². The third-order valence-corrected chi connectivity index (χ3v) is 3.73. The van der Waals surface area contributed by atoms with E-state index in [-0.39, 0.29) is 11.7 Å². The van der Waals surface area contributed by atoms with Gasteiger partial charge in [-0.2, -0.15) is 0 Å². The molecule has 1 aliphatic rings. The number of halogens is 1. The van der Waals surface area contributed by atoms with Crippen LogP contribution in [0, 0.1) is 6.92 Å². The maximum absolute atomic E-state index is 12.1. The van der Waals surface area contributed by atoms with Gasteiger partial charge in [-0.15, -0.1) is 5.10 Å². The average Bonchev–Trinajstić information content (AvgIpc) is 3.11. The van der Waals surface area contributed by atoms with Crippen molar-refractivity contribution in [1.82, 2.24) is 15.2 Å². The smallest absolute Gasteiger partial charge is 0.295 e. The molecular weight excluding hydrogens is 308 g/mol. The van der Waals surface area contributed by atoms with Crippen molar-refractivity contribution < 1.29 is 4.79 Å². The number of amides is 1. The van der Waals surface area contributed by atoms with Gasteiger partial charge < -0.3 is 5.32 Å². The van der Waals surface area contributed by atoms with Crippen LogP contribution < -0.4 is 5.32 Å². The van der Waals surface area contributed by atoms with Crippen molar-refractivity contribution >= 4 is 27.5 Å². The van der Waals surface area contributed by atoms with Gasteiger partial charge in [-0.1, -0.05) is 6.07 Å². The lowest BCUT2D eigenvalue weighted by Crippen LogP contribution is -2.14. The van der Waals surface area contributed by atoms with Gasteiger partial charge in [0, 0.05) is 10.4 Å². The van der Waals surface area contributed by atoms with Crippen molar-refractivity contribution in [3.63, 3.8) is 0 Å². The van der Waals surface area contributed by atoms with E-state index < -0.39 is 0 Å². The predicted molar refractivity (Wildman–Crippen MR) is 75.2 cm³/mol. The lowest BCUT2D eigenvalue weighted by atomic mass is 10.2. The number of H-pyrrole nitrogens is 1. The van der Waals surface area contributed by atoms with E-state index in [2.05, 4.69) is 36.4 Å². The molecule has 0 bridgehead atoms. The van der Waals surface area contributed by atoms with Gasteiger partial charge in [-0.05, 0) is 53.4 Å². The Balaban J connectivity index is 1.77. The fourth-order valence-corrected chi connectivity index (χ4v) is 2.17. The van der Waals surface area contributed by atoms with Crippen LogP contribution in [-0.4, -0.2) is 21.1 Å². The summed E-state index contributed by atoms with van der Waals surface area (Å²) in [7, 11) is 0. The minimum absolute atomic E-state index is 0.190. The number of rotatable bonds is 3. The number of anilines is 1. The van der Waals surface area contributed by atoms with Crippen LogP contribution in [0.25, 0.3) is 0 Å². The number of hydrogen-bond acceptors (Lipinski definition) is 3. The Morgan fingerprint density at radius 2 is 2.26 bits per heavy atom. The quantitative estimate of drug-likeness (QED) is 0.913. The van der Waals surface area contributed by atoms with E-state index >= 15 is 0 Å². The van der Waals surface area contributed by atoms with Crippen molar-refractivity contribution in [1.29, 1.82) is 0 Å². The number of aromatic amines is 1. The molecule has 98 valence electrons. The van der Waals surface area contributed by atoms with Crippen LogP contribution in [0.3, 0.4) is 0 Å². The van der Waals surface area contributed by atoms with Gasteiger partial charge in [-0.3, -0.25) is 9.89 Å². The molecule has 1 aliphatic carbocycles. The van der Waals surface area contributed by atoms with Gasteiger partial charge in [0.05, 0.1) is 5.69 Å². The molecule has 1 heterocycles. The number of aryl methyl sites for hydroxylation is 1. The molecule has 1 saturated carbocycles. The van der Waals surface area contributed by atoms with Crippen molar-refractivity contribution in [2.45, 2.75) is 25.7 Å². The van der Waals surface area contributed by atoms with Crippen LogP contribution in [0.4, 0.5) is 5.69 Å². The Kier molecular flexibility index (Phi) is 3.10. The molecule has 0 spiro atoms. The van der Waals surface area contributed by atoms with E-state index in [0.29, 0.717) is 5.92 Å². The SMILES string of the molecule is Cc1ccc(Br)c(NC(=O)c2n[nH]c(C3CC3)n2)c1. The number of carbonyl (C=O) groups is 1. The number of nitrogens with zero attached hydrogens (tertiary/aromatic N) is 2. The second-order valence-electron chi connectivity index (χ2n) is 4.76. The molecule has 1 fully saturated rings. The molecule has 0 atom stereocenters. The minimum Gasteiger partial charge on any atom is -0.318 e. The summed E-state index contributed by atoms with van der Waals surface area (Å²) in [5.41, 5.74) is 1.80. The first kappa shape index (κ1) is 12.3.